The zero-order valence-corrected chi connectivity index (χ0v) is 14.3. The van der Waals surface area contributed by atoms with Crippen molar-refractivity contribution in [2.24, 2.45) is 23.2 Å². The fourth-order valence-electron chi connectivity index (χ4n) is 5.62. The molecule has 4 nitrogen and oxygen atoms in total. The summed E-state index contributed by atoms with van der Waals surface area (Å²) in [6.45, 7) is 2.52. The summed E-state index contributed by atoms with van der Waals surface area (Å²) in [5.41, 5.74) is 1.29. The van der Waals surface area contributed by atoms with Gasteiger partial charge in [0.15, 0.2) is 0 Å². The number of hydrogen-bond donors (Lipinski definition) is 2. The first-order chi connectivity index (χ1) is 11.6. The van der Waals surface area contributed by atoms with Crippen molar-refractivity contribution in [2.75, 3.05) is 11.9 Å². The van der Waals surface area contributed by atoms with Gasteiger partial charge in [0, 0.05) is 17.8 Å². The molecule has 1 aromatic rings. The summed E-state index contributed by atoms with van der Waals surface area (Å²) in [4.78, 5) is 24.8. The lowest BCUT2D eigenvalue weighted by molar-refractivity contribution is -0.140. The Hall–Kier alpha value is -1.84. The SMILES string of the molecule is CCNC(=O)c1ccc(NC(=O)C23CC4CC(CC(C4)C2)C3)cc1. The molecule has 4 bridgehead atoms. The van der Waals surface area contributed by atoms with Crippen LogP contribution >= 0.6 is 0 Å². The normalized spacial score (nSPS) is 33.3. The van der Waals surface area contributed by atoms with Crippen LogP contribution in [0.5, 0.6) is 0 Å². The molecule has 0 atom stereocenters. The molecule has 0 saturated heterocycles. The highest BCUT2D eigenvalue weighted by molar-refractivity contribution is 5.97. The Balaban J connectivity index is 1.45. The van der Waals surface area contributed by atoms with Crippen LogP contribution in [0, 0.1) is 23.2 Å². The van der Waals surface area contributed by atoms with Crippen LogP contribution in [0.1, 0.15) is 55.8 Å². The summed E-state index contributed by atoms with van der Waals surface area (Å²) in [6, 6.07) is 7.23. The molecule has 4 aliphatic carbocycles. The Kier molecular flexibility index (Phi) is 3.86. The maximum atomic E-state index is 13.0. The molecule has 0 heterocycles. The molecule has 4 fully saturated rings. The summed E-state index contributed by atoms with van der Waals surface area (Å²) < 4.78 is 0. The summed E-state index contributed by atoms with van der Waals surface area (Å²) in [5.74, 6) is 2.43. The first-order valence-corrected chi connectivity index (χ1v) is 9.28. The third-order valence-corrected chi connectivity index (χ3v) is 6.26. The van der Waals surface area contributed by atoms with Gasteiger partial charge in [-0.05, 0) is 87.5 Å². The van der Waals surface area contributed by atoms with Crippen LogP contribution in [-0.4, -0.2) is 18.4 Å². The maximum Gasteiger partial charge on any atom is 0.251 e. The quantitative estimate of drug-likeness (QED) is 0.888. The van der Waals surface area contributed by atoms with Gasteiger partial charge in [0.25, 0.3) is 5.91 Å². The number of carbonyl (C=O) groups is 2. The van der Waals surface area contributed by atoms with Crippen molar-refractivity contribution < 1.29 is 9.59 Å². The highest BCUT2D eigenvalue weighted by Gasteiger charge is 2.54. The van der Waals surface area contributed by atoms with Gasteiger partial charge in [-0.2, -0.15) is 0 Å². The second kappa shape index (κ2) is 5.91. The summed E-state index contributed by atoms with van der Waals surface area (Å²) in [6.07, 6.45) is 7.24. The molecular weight excluding hydrogens is 300 g/mol. The van der Waals surface area contributed by atoms with Gasteiger partial charge in [-0.1, -0.05) is 0 Å². The van der Waals surface area contributed by atoms with E-state index < -0.39 is 0 Å². The lowest BCUT2D eigenvalue weighted by Gasteiger charge is -2.55. The van der Waals surface area contributed by atoms with Gasteiger partial charge in [0.05, 0.1) is 5.41 Å². The van der Waals surface area contributed by atoms with E-state index in [-0.39, 0.29) is 17.2 Å². The van der Waals surface area contributed by atoms with Crippen LogP contribution < -0.4 is 10.6 Å². The molecule has 0 radical (unpaired) electrons. The average Bonchev–Trinajstić information content (AvgIpc) is 2.54. The molecule has 2 amide bonds. The Bertz CT molecular complexity index is 615. The fraction of sp³-hybridized carbons (Fsp3) is 0.600. The molecule has 2 N–H and O–H groups in total. The fourth-order valence-corrected chi connectivity index (χ4v) is 5.62. The zero-order valence-electron chi connectivity index (χ0n) is 14.3. The van der Waals surface area contributed by atoms with E-state index in [2.05, 4.69) is 10.6 Å². The Morgan fingerprint density at radius 1 is 1.00 bits per heavy atom. The molecule has 4 aliphatic rings. The molecule has 5 rings (SSSR count). The topological polar surface area (TPSA) is 58.2 Å². The second-order valence-corrected chi connectivity index (χ2v) is 8.09. The molecule has 0 unspecified atom stereocenters. The maximum absolute atomic E-state index is 13.0. The number of amides is 2. The number of rotatable bonds is 4. The largest absolute Gasteiger partial charge is 0.352 e. The predicted octanol–water partition coefficient (Wildman–Crippen LogP) is 3.59. The number of carbonyl (C=O) groups excluding carboxylic acids is 2. The van der Waals surface area contributed by atoms with Crippen molar-refractivity contribution >= 4 is 17.5 Å². The molecular formula is C20H26N2O2. The lowest BCUT2D eigenvalue weighted by Crippen LogP contribution is -2.51. The van der Waals surface area contributed by atoms with Crippen LogP contribution in [0.3, 0.4) is 0 Å². The number of benzene rings is 1. The minimum Gasteiger partial charge on any atom is -0.352 e. The minimum atomic E-state index is -0.132. The molecule has 24 heavy (non-hydrogen) atoms. The first kappa shape index (κ1) is 15.7. The third-order valence-electron chi connectivity index (χ3n) is 6.26. The van der Waals surface area contributed by atoms with E-state index in [1.54, 1.807) is 12.1 Å². The van der Waals surface area contributed by atoms with E-state index in [4.69, 9.17) is 0 Å². The summed E-state index contributed by atoms with van der Waals surface area (Å²) in [7, 11) is 0. The van der Waals surface area contributed by atoms with Crippen LogP contribution in [-0.2, 0) is 4.79 Å². The zero-order chi connectivity index (χ0) is 16.7. The van der Waals surface area contributed by atoms with Gasteiger partial charge in [0.2, 0.25) is 5.91 Å². The summed E-state index contributed by atoms with van der Waals surface area (Å²) >= 11 is 0. The number of nitrogens with one attached hydrogen (secondary N) is 2. The van der Waals surface area contributed by atoms with Gasteiger partial charge < -0.3 is 10.6 Å². The number of hydrogen-bond acceptors (Lipinski definition) is 2. The van der Waals surface area contributed by atoms with Crippen molar-refractivity contribution in [3.63, 3.8) is 0 Å². The second-order valence-electron chi connectivity index (χ2n) is 8.09. The van der Waals surface area contributed by atoms with Crippen molar-refractivity contribution in [1.82, 2.24) is 5.32 Å². The van der Waals surface area contributed by atoms with Crippen molar-refractivity contribution in [3.8, 4) is 0 Å². The molecule has 1 aromatic carbocycles. The van der Waals surface area contributed by atoms with Gasteiger partial charge in [-0.3, -0.25) is 9.59 Å². The Morgan fingerprint density at radius 3 is 2.04 bits per heavy atom. The van der Waals surface area contributed by atoms with Crippen molar-refractivity contribution in [3.05, 3.63) is 29.8 Å². The van der Waals surface area contributed by atoms with E-state index in [0.717, 1.165) is 42.7 Å². The van der Waals surface area contributed by atoms with Crippen LogP contribution in [0.4, 0.5) is 5.69 Å². The Labute approximate surface area is 143 Å². The molecule has 0 spiro atoms. The molecule has 128 valence electrons. The summed E-state index contributed by atoms with van der Waals surface area (Å²) in [5, 5.41) is 5.91. The van der Waals surface area contributed by atoms with E-state index >= 15 is 0 Å². The highest BCUT2D eigenvalue weighted by Crippen LogP contribution is 2.60. The van der Waals surface area contributed by atoms with E-state index in [1.807, 2.05) is 19.1 Å². The van der Waals surface area contributed by atoms with Gasteiger partial charge in [0.1, 0.15) is 0 Å². The van der Waals surface area contributed by atoms with Crippen molar-refractivity contribution in [2.45, 2.75) is 45.4 Å². The average molecular weight is 326 g/mol. The van der Waals surface area contributed by atoms with Gasteiger partial charge in [-0.25, -0.2) is 0 Å². The molecule has 4 saturated carbocycles. The van der Waals surface area contributed by atoms with Gasteiger partial charge >= 0.3 is 0 Å². The van der Waals surface area contributed by atoms with Gasteiger partial charge in [-0.15, -0.1) is 0 Å². The third kappa shape index (κ3) is 2.72. The van der Waals surface area contributed by atoms with Crippen LogP contribution in [0.15, 0.2) is 24.3 Å². The van der Waals surface area contributed by atoms with Crippen molar-refractivity contribution in [1.29, 1.82) is 0 Å². The Morgan fingerprint density at radius 2 is 1.54 bits per heavy atom. The first-order valence-electron chi connectivity index (χ1n) is 9.28. The monoisotopic (exact) mass is 326 g/mol. The smallest absolute Gasteiger partial charge is 0.251 e. The van der Waals surface area contributed by atoms with E-state index in [1.165, 1.54) is 19.3 Å². The molecule has 4 heteroatoms. The van der Waals surface area contributed by atoms with E-state index in [0.29, 0.717) is 12.1 Å². The standard InChI is InChI=1S/C20H26N2O2/c1-2-21-18(23)16-3-5-17(6-4-16)22-19(24)20-10-13-7-14(11-20)9-15(8-13)12-20/h3-6,13-15H,2,7-12H2,1H3,(H,21,23)(H,22,24). The number of anilines is 1. The van der Waals surface area contributed by atoms with Crippen LogP contribution in [0.2, 0.25) is 0 Å². The molecule has 0 aromatic heterocycles. The van der Waals surface area contributed by atoms with E-state index in [9.17, 15) is 9.59 Å². The lowest BCUT2D eigenvalue weighted by atomic mass is 9.49. The van der Waals surface area contributed by atoms with Crippen LogP contribution in [0.25, 0.3) is 0 Å². The molecule has 0 aliphatic heterocycles. The minimum absolute atomic E-state index is 0.0727. The highest BCUT2D eigenvalue weighted by atomic mass is 16.2. The predicted molar refractivity (Wildman–Crippen MR) is 93.7 cm³/mol.